The molecule has 0 radical (unpaired) electrons. The van der Waals surface area contributed by atoms with Crippen LogP contribution in [0.25, 0.3) is 0 Å². The second-order valence-electron chi connectivity index (χ2n) is 4.68. The van der Waals surface area contributed by atoms with Crippen LogP contribution in [0, 0.1) is 5.92 Å². The fraction of sp³-hybridized carbons (Fsp3) is 0.538. The molecule has 0 aliphatic carbocycles. The highest BCUT2D eigenvalue weighted by atomic mass is 32.2. The van der Waals surface area contributed by atoms with Crippen molar-refractivity contribution in [2.75, 3.05) is 18.8 Å². The lowest BCUT2D eigenvalue weighted by atomic mass is 9.93. The third kappa shape index (κ3) is 3.19. The number of piperidine rings is 1. The first-order valence-electron chi connectivity index (χ1n) is 6.47. The van der Waals surface area contributed by atoms with Gasteiger partial charge in [-0.15, -0.1) is 0 Å². The number of pyridine rings is 1. The zero-order chi connectivity index (χ0) is 13.9. The topological polar surface area (TPSA) is 67.3 Å². The Bertz CT molecular complexity index is 542. The molecule has 0 N–H and O–H groups in total. The number of carbonyl (C=O) groups is 1. The van der Waals surface area contributed by atoms with Gasteiger partial charge in [-0.25, -0.2) is 12.7 Å². The molecule has 5 nitrogen and oxygen atoms in total. The van der Waals surface area contributed by atoms with E-state index < -0.39 is 10.0 Å². The van der Waals surface area contributed by atoms with Crippen molar-refractivity contribution in [2.45, 2.75) is 19.8 Å². The molecule has 1 aliphatic heterocycles. The van der Waals surface area contributed by atoms with Crippen LogP contribution in [0.4, 0.5) is 0 Å². The van der Waals surface area contributed by atoms with Crippen molar-refractivity contribution >= 4 is 15.8 Å². The number of carbonyl (C=O) groups excluding carboxylic acids is 1. The molecule has 1 aromatic rings. The molecule has 1 aliphatic rings. The first-order chi connectivity index (χ1) is 9.04. The maximum atomic E-state index is 12.3. The van der Waals surface area contributed by atoms with E-state index >= 15 is 0 Å². The van der Waals surface area contributed by atoms with E-state index in [1.54, 1.807) is 31.3 Å². The molecule has 2 heterocycles. The minimum atomic E-state index is -3.21. The standard InChI is InChI=1S/C13H18N2O3S/c1-2-19(17,18)15-9-5-6-11(10-15)13(16)12-7-3-4-8-14-12/h3-4,7-8,11H,2,5-6,9-10H2,1H3. The highest BCUT2D eigenvalue weighted by Crippen LogP contribution is 2.22. The number of Topliss-reactive ketones (excluding diaryl/α,β-unsaturated/α-hetero) is 1. The third-order valence-electron chi connectivity index (χ3n) is 3.43. The van der Waals surface area contributed by atoms with Crippen molar-refractivity contribution in [1.29, 1.82) is 0 Å². The Morgan fingerprint density at radius 3 is 2.89 bits per heavy atom. The fourth-order valence-corrected chi connectivity index (χ4v) is 3.49. The molecule has 0 amide bonds. The Morgan fingerprint density at radius 2 is 2.26 bits per heavy atom. The largest absolute Gasteiger partial charge is 0.292 e. The molecule has 0 aromatic carbocycles. The molecule has 2 rings (SSSR count). The maximum absolute atomic E-state index is 12.3. The maximum Gasteiger partial charge on any atom is 0.213 e. The van der Waals surface area contributed by atoms with Crippen LogP contribution >= 0.6 is 0 Å². The molecule has 1 aromatic heterocycles. The van der Waals surface area contributed by atoms with Gasteiger partial charge in [-0.2, -0.15) is 0 Å². The van der Waals surface area contributed by atoms with Crippen molar-refractivity contribution in [3.05, 3.63) is 30.1 Å². The average Bonchev–Trinajstić information content (AvgIpc) is 2.47. The number of sulfonamides is 1. The van der Waals surface area contributed by atoms with Crippen molar-refractivity contribution in [2.24, 2.45) is 5.92 Å². The van der Waals surface area contributed by atoms with E-state index in [1.165, 1.54) is 4.31 Å². The summed E-state index contributed by atoms with van der Waals surface area (Å²) in [6, 6.07) is 5.20. The van der Waals surface area contributed by atoms with Gasteiger partial charge in [-0.1, -0.05) is 6.07 Å². The van der Waals surface area contributed by atoms with Crippen LogP contribution in [0.15, 0.2) is 24.4 Å². The SMILES string of the molecule is CCS(=O)(=O)N1CCCC(C(=O)c2ccccn2)C1. The molecule has 6 heteroatoms. The van der Waals surface area contributed by atoms with Gasteiger partial charge in [-0.05, 0) is 31.9 Å². The Kier molecular flexibility index (Phi) is 4.31. The average molecular weight is 282 g/mol. The van der Waals surface area contributed by atoms with Gasteiger partial charge in [0, 0.05) is 25.2 Å². The third-order valence-corrected chi connectivity index (χ3v) is 5.28. The van der Waals surface area contributed by atoms with E-state index in [-0.39, 0.29) is 24.0 Å². The summed E-state index contributed by atoms with van der Waals surface area (Å²) in [5.74, 6) is -0.251. The summed E-state index contributed by atoms with van der Waals surface area (Å²) in [5, 5.41) is 0. The highest BCUT2D eigenvalue weighted by molar-refractivity contribution is 7.89. The lowest BCUT2D eigenvalue weighted by molar-refractivity contribution is 0.0867. The number of ketones is 1. The van der Waals surface area contributed by atoms with Crippen LogP contribution in [0.5, 0.6) is 0 Å². The molecular weight excluding hydrogens is 264 g/mol. The summed E-state index contributed by atoms with van der Waals surface area (Å²) in [4.78, 5) is 16.3. The van der Waals surface area contributed by atoms with Crippen LogP contribution in [0.1, 0.15) is 30.3 Å². The van der Waals surface area contributed by atoms with Crippen LogP contribution in [0.3, 0.4) is 0 Å². The molecule has 0 saturated carbocycles. The van der Waals surface area contributed by atoms with Crippen molar-refractivity contribution in [3.8, 4) is 0 Å². The van der Waals surface area contributed by atoms with Gasteiger partial charge in [0.2, 0.25) is 10.0 Å². The van der Waals surface area contributed by atoms with E-state index in [2.05, 4.69) is 4.98 Å². The van der Waals surface area contributed by atoms with Gasteiger partial charge in [0.25, 0.3) is 0 Å². The quantitative estimate of drug-likeness (QED) is 0.781. The lowest BCUT2D eigenvalue weighted by Crippen LogP contribution is -2.43. The second-order valence-corrected chi connectivity index (χ2v) is 6.93. The summed E-state index contributed by atoms with van der Waals surface area (Å²) in [6.45, 7) is 2.42. The molecule has 1 atom stereocenters. The Morgan fingerprint density at radius 1 is 1.47 bits per heavy atom. The van der Waals surface area contributed by atoms with Gasteiger partial charge in [-0.3, -0.25) is 9.78 Å². The van der Waals surface area contributed by atoms with Crippen LogP contribution in [-0.4, -0.2) is 42.3 Å². The number of aromatic nitrogens is 1. The van der Waals surface area contributed by atoms with Crippen LogP contribution < -0.4 is 0 Å². The lowest BCUT2D eigenvalue weighted by Gasteiger charge is -2.30. The summed E-state index contributed by atoms with van der Waals surface area (Å²) >= 11 is 0. The Hall–Kier alpha value is -1.27. The van der Waals surface area contributed by atoms with Crippen molar-refractivity contribution in [3.63, 3.8) is 0 Å². The number of nitrogens with zero attached hydrogens (tertiary/aromatic N) is 2. The van der Waals surface area contributed by atoms with Gasteiger partial charge in [0.05, 0.1) is 5.75 Å². The van der Waals surface area contributed by atoms with E-state index in [4.69, 9.17) is 0 Å². The van der Waals surface area contributed by atoms with Crippen molar-refractivity contribution in [1.82, 2.24) is 9.29 Å². The first kappa shape index (κ1) is 14.1. The zero-order valence-corrected chi connectivity index (χ0v) is 11.8. The van der Waals surface area contributed by atoms with Crippen molar-refractivity contribution < 1.29 is 13.2 Å². The number of hydrogen-bond donors (Lipinski definition) is 0. The minimum absolute atomic E-state index is 0.0587. The van der Waals surface area contributed by atoms with Gasteiger partial charge in [0.15, 0.2) is 5.78 Å². The van der Waals surface area contributed by atoms with Gasteiger partial charge >= 0.3 is 0 Å². The monoisotopic (exact) mass is 282 g/mol. The summed E-state index contributed by atoms with van der Waals surface area (Å²) in [6.07, 6.45) is 3.03. The summed E-state index contributed by atoms with van der Waals surface area (Å²) < 4.78 is 25.1. The summed E-state index contributed by atoms with van der Waals surface area (Å²) in [5.41, 5.74) is 0.420. The van der Waals surface area contributed by atoms with Gasteiger partial charge in [0.1, 0.15) is 5.69 Å². The molecule has 1 unspecified atom stereocenters. The van der Waals surface area contributed by atoms with E-state index in [0.29, 0.717) is 12.2 Å². The van der Waals surface area contributed by atoms with Gasteiger partial charge < -0.3 is 0 Å². The molecule has 0 bridgehead atoms. The fourth-order valence-electron chi connectivity index (χ4n) is 2.31. The predicted octanol–water partition coefficient (Wildman–Crippen LogP) is 1.33. The number of rotatable bonds is 4. The predicted molar refractivity (Wildman–Crippen MR) is 72.3 cm³/mol. The second kappa shape index (κ2) is 5.79. The molecule has 19 heavy (non-hydrogen) atoms. The normalized spacial score (nSPS) is 21.2. The summed E-state index contributed by atoms with van der Waals surface area (Å²) in [7, 11) is -3.21. The Balaban J connectivity index is 2.12. The molecular formula is C13H18N2O3S. The van der Waals surface area contributed by atoms with E-state index in [9.17, 15) is 13.2 Å². The molecule has 1 fully saturated rings. The van der Waals surface area contributed by atoms with E-state index in [1.807, 2.05) is 0 Å². The molecule has 1 saturated heterocycles. The Labute approximate surface area is 113 Å². The smallest absolute Gasteiger partial charge is 0.213 e. The highest BCUT2D eigenvalue weighted by Gasteiger charge is 2.32. The minimum Gasteiger partial charge on any atom is -0.292 e. The molecule has 104 valence electrons. The van der Waals surface area contributed by atoms with E-state index in [0.717, 1.165) is 12.8 Å². The van der Waals surface area contributed by atoms with Crippen LogP contribution in [0.2, 0.25) is 0 Å². The van der Waals surface area contributed by atoms with Crippen LogP contribution in [-0.2, 0) is 10.0 Å². The first-order valence-corrected chi connectivity index (χ1v) is 8.08. The molecule has 0 spiro atoms. The zero-order valence-electron chi connectivity index (χ0n) is 10.9. The number of hydrogen-bond acceptors (Lipinski definition) is 4.